The van der Waals surface area contributed by atoms with Crippen LogP contribution in [0, 0.1) is 10.1 Å². The van der Waals surface area contributed by atoms with Crippen molar-refractivity contribution in [2.45, 2.75) is 40.9 Å². The smallest absolute Gasteiger partial charge is 0.416 e. The first-order valence-corrected chi connectivity index (χ1v) is 12.6. The molecule has 13 heteroatoms. The summed E-state index contributed by atoms with van der Waals surface area (Å²) in [5, 5.41) is 14.7. The quantitative estimate of drug-likeness (QED) is 0.192. The van der Waals surface area contributed by atoms with Crippen molar-refractivity contribution < 1.29 is 22.8 Å². The molecular formula is C26H34ClF3N6O3. The highest BCUT2D eigenvalue weighted by Gasteiger charge is 2.32. The lowest BCUT2D eigenvalue weighted by atomic mass is 10.1. The third kappa shape index (κ3) is 7.60. The van der Waals surface area contributed by atoms with E-state index in [-0.39, 0.29) is 24.8 Å². The SMILES string of the molecule is C.CC.CCN1CCN(c2cc3c(NCc4cc([N+](=O)[O-])cc(C(F)(F)F)c4)nc(Cl)nc3cc2OC)CC1. The fraction of sp³-hybridized carbons (Fsp3) is 0.462. The number of nitrogens with one attached hydrogen (secondary N) is 1. The topological polar surface area (TPSA) is 96.7 Å². The van der Waals surface area contributed by atoms with E-state index in [4.69, 9.17) is 16.3 Å². The summed E-state index contributed by atoms with van der Waals surface area (Å²) in [7, 11) is 1.56. The van der Waals surface area contributed by atoms with Gasteiger partial charge in [-0.1, -0.05) is 28.2 Å². The Morgan fingerprint density at radius 3 is 2.33 bits per heavy atom. The first-order valence-electron chi connectivity index (χ1n) is 12.2. The third-order valence-electron chi connectivity index (χ3n) is 6.10. The van der Waals surface area contributed by atoms with Crippen LogP contribution in [0.25, 0.3) is 10.9 Å². The van der Waals surface area contributed by atoms with Crippen molar-refractivity contribution >= 4 is 39.7 Å². The second kappa shape index (κ2) is 13.6. The number of aromatic nitrogens is 2. The van der Waals surface area contributed by atoms with E-state index in [9.17, 15) is 23.3 Å². The molecule has 0 amide bonds. The highest BCUT2D eigenvalue weighted by atomic mass is 35.5. The number of likely N-dealkylation sites (N-methyl/N-ethyl adjacent to an activating group) is 1. The van der Waals surface area contributed by atoms with E-state index in [2.05, 4.69) is 32.0 Å². The number of rotatable bonds is 7. The number of piperazine rings is 1. The van der Waals surface area contributed by atoms with E-state index in [1.54, 1.807) is 13.2 Å². The molecule has 0 bridgehead atoms. The van der Waals surface area contributed by atoms with Crippen molar-refractivity contribution in [1.29, 1.82) is 0 Å². The first kappa shape index (κ1) is 31.8. The molecule has 2 aromatic carbocycles. The number of alkyl halides is 3. The maximum Gasteiger partial charge on any atom is 0.416 e. The summed E-state index contributed by atoms with van der Waals surface area (Å²) >= 11 is 6.12. The Hall–Kier alpha value is -3.38. The molecule has 1 aliphatic rings. The van der Waals surface area contributed by atoms with Crippen molar-refractivity contribution in [2.24, 2.45) is 0 Å². The summed E-state index contributed by atoms with van der Waals surface area (Å²) < 4.78 is 45.4. The molecule has 3 aromatic rings. The van der Waals surface area contributed by atoms with Gasteiger partial charge in [-0.05, 0) is 35.8 Å². The molecule has 214 valence electrons. The highest BCUT2D eigenvalue weighted by Crippen LogP contribution is 2.37. The molecule has 9 nitrogen and oxygen atoms in total. The molecule has 1 saturated heterocycles. The zero-order valence-corrected chi connectivity index (χ0v) is 22.4. The van der Waals surface area contributed by atoms with Crippen molar-refractivity contribution in [2.75, 3.05) is 50.1 Å². The first-order chi connectivity index (χ1) is 18.1. The Kier molecular flexibility index (Phi) is 11.1. The summed E-state index contributed by atoms with van der Waals surface area (Å²) in [5.41, 5.74) is -0.351. The van der Waals surface area contributed by atoms with E-state index >= 15 is 0 Å². The number of nitrogens with zero attached hydrogens (tertiary/aromatic N) is 5. The van der Waals surface area contributed by atoms with Crippen LogP contribution < -0.4 is 15.0 Å². The van der Waals surface area contributed by atoms with Crippen molar-refractivity contribution in [3.05, 3.63) is 56.9 Å². The monoisotopic (exact) mass is 570 g/mol. The van der Waals surface area contributed by atoms with Crippen LogP contribution in [-0.2, 0) is 12.7 Å². The Morgan fingerprint density at radius 1 is 1.10 bits per heavy atom. The zero-order chi connectivity index (χ0) is 28.0. The van der Waals surface area contributed by atoms with Crippen LogP contribution >= 0.6 is 11.6 Å². The summed E-state index contributed by atoms with van der Waals surface area (Å²) in [6.07, 6.45) is -4.72. The predicted molar refractivity (Wildman–Crippen MR) is 149 cm³/mol. The van der Waals surface area contributed by atoms with Gasteiger partial charge in [0.05, 0.1) is 28.8 Å². The normalized spacial score (nSPS) is 13.8. The fourth-order valence-electron chi connectivity index (χ4n) is 4.20. The zero-order valence-electron chi connectivity index (χ0n) is 21.6. The van der Waals surface area contributed by atoms with Gasteiger partial charge in [-0.15, -0.1) is 0 Å². The van der Waals surface area contributed by atoms with Crippen LogP contribution in [0.15, 0.2) is 30.3 Å². The van der Waals surface area contributed by atoms with Crippen LogP contribution in [0.2, 0.25) is 5.28 Å². The number of hydrogen-bond acceptors (Lipinski definition) is 8. The van der Waals surface area contributed by atoms with E-state index < -0.39 is 22.4 Å². The second-order valence-electron chi connectivity index (χ2n) is 8.30. The maximum atomic E-state index is 13.3. The van der Waals surface area contributed by atoms with Crippen LogP contribution in [-0.4, -0.2) is 59.6 Å². The van der Waals surface area contributed by atoms with Gasteiger partial charge in [-0.3, -0.25) is 10.1 Å². The van der Waals surface area contributed by atoms with Gasteiger partial charge in [-0.25, -0.2) is 9.97 Å². The molecule has 1 aromatic heterocycles. The number of ether oxygens (including phenoxy) is 1. The van der Waals surface area contributed by atoms with Crippen LogP contribution in [0.5, 0.6) is 5.75 Å². The average molecular weight is 571 g/mol. The maximum absolute atomic E-state index is 13.3. The molecule has 2 heterocycles. The fourth-order valence-corrected chi connectivity index (χ4v) is 4.37. The van der Waals surface area contributed by atoms with Gasteiger partial charge in [-0.2, -0.15) is 13.2 Å². The van der Waals surface area contributed by atoms with Crippen LogP contribution in [0.4, 0.5) is 30.4 Å². The van der Waals surface area contributed by atoms with E-state index in [1.807, 2.05) is 19.9 Å². The van der Waals surface area contributed by atoms with Gasteiger partial charge < -0.3 is 19.9 Å². The van der Waals surface area contributed by atoms with Gasteiger partial charge in [0.2, 0.25) is 5.28 Å². The van der Waals surface area contributed by atoms with Crippen molar-refractivity contribution in [1.82, 2.24) is 14.9 Å². The molecule has 0 aliphatic carbocycles. The number of non-ortho nitro benzene ring substituents is 1. The third-order valence-corrected chi connectivity index (χ3v) is 6.27. The van der Waals surface area contributed by atoms with Crippen molar-refractivity contribution in [3.63, 3.8) is 0 Å². The summed E-state index contributed by atoms with van der Waals surface area (Å²) in [6.45, 7) is 10.3. The number of halogens is 4. The van der Waals surface area contributed by atoms with Crippen LogP contribution in [0.1, 0.15) is 39.3 Å². The lowest BCUT2D eigenvalue weighted by molar-refractivity contribution is -0.385. The molecule has 1 fully saturated rings. The minimum Gasteiger partial charge on any atom is -0.495 e. The average Bonchev–Trinajstić information content (AvgIpc) is 2.91. The minimum absolute atomic E-state index is 0. The number of hydrogen-bond donors (Lipinski definition) is 1. The Labute approximate surface area is 231 Å². The van der Waals surface area contributed by atoms with Gasteiger partial charge in [0.1, 0.15) is 11.6 Å². The summed E-state index contributed by atoms with van der Waals surface area (Å²) in [4.78, 5) is 23.4. The van der Waals surface area contributed by atoms with E-state index in [0.29, 0.717) is 28.5 Å². The summed E-state index contributed by atoms with van der Waals surface area (Å²) in [6, 6.07) is 6.08. The lowest BCUT2D eigenvalue weighted by Gasteiger charge is -2.36. The minimum atomic E-state index is -4.72. The molecule has 0 unspecified atom stereocenters. The largest absolute Gasteiger partial charge is 0.495 e. The van der Waals surface area contributed by atoms with Crippen LogP contribution in [0.3, 0.4) is 0 Å². The summed E-state index contributed by atoms with van der Waals surface area (Å²) in [5.74, 6) is 0.905. The molecule has 1 aliphatic heterocycles. The number of nitro benzene ring substituents is 1. The second-order valence-corrected chi connectivity index (χ2v) is 8.64. The molecule has 1 N–H and O–H groups in total. The van der Waals surface area contributed by atoms with Gasteiger partial charge in [0.15, 0.2) is 0 Å². The van der Waals surface area contributed by atoms with Crippen molar-refractivity contribution in [3.8, 4) is 5.75 Å². The lowest BCUT2D eigenvalue weighted by Crippen LogP contribution is -2.46. The van der Waals surface area contributed by atoms with Gasteiger partial charge in [0.25, 0.3) is 5.69 Å². The van der Waals surface area contributed by atoms with E-state index in [0.717, 1.165) is 50.5 Å². The number of nitro groups is 1. The molecule has 4 rings (SSSR count). The number of anilines is 2. The predicted octanol–water partition coefficient (Wildman–Crippen LogP) is 6.64. The number of fused-ring (bicyclic) bond motifs is 1. The Morgan fingerprint density at radius 2 is 1.77 bits per heavy atom. The highest BCUT2D eigenvalue weighted by molar-refractivity contribution is 6.28. The van der Waals surface area contributed by atoms with E-state index in [1.165, 1.54) is 0 Å². The standard InChI is InChI=1S/C23H24ClF3N6O3.C2H6.CH4/c1-3-31-4-6-32(7-5-31)19-11-17-18(12-20(19)36-2)29-22(24)30-21(17)28-13-14-8-15(23(25,26)27)10-16(9-14)33(34)35;1-2;/h8-12H,3-7,13H2,1-2H3,(H,28,29,30);1-2H3;1H4. The molecule has 39 heavy (non-hydrogen) atoms. The molecule has 0 saturated carbocycles. The molecule has 0 atom stereocenters. The Bertz CT molecular complexity index is 1280. The van der Waals surface area contributed by atoms with Gasteiger partial charge in [0, 0.05) is 56.3 Å². The molecular weight excluding hydrogens is 537 g/mol. The van der Waals surface area contributed by atoms with Gasteiger partial charge >= 0.3 is 6.18 Å². The molecule has 0 spiro atoms. The Balaban J connectivity index is 0.00000174. The number of methoxy groups -OCH3 is 1. The number of benzene rings is 2. The molecule has 0 radical (unpaired) electrons.